The quantitative estimate of drug-likeness (QED) is 0.198. The second-order valence-corrected chi connectivity index (χ2v) is 10.5. The number of carbonyl (C=O) groups is 1. The van der Waals surface area contributed by atoms with Gasteiger partial charge in [-0.1, -0.05) is 42.8 Å². The second-order valence-electron chi connectivity index (χ2n) is 10.5. The molecule has 0 N–H and O–H groups in total. The van der Waals surface area contributed by atoms with Gasteiger partial charge in [0.2, 0.25) is 5.82 Å². The number of hydrogen-bond acceptors (Lipinski definition) is 2. The van der Waals surface area contributed by atoms with Gasteiger partial charge in [0.05, 0.1) is 5.56 Å². The van der Waals surface area contributed by atoms with E-state index in [4.69, 9.17) is 4.74 Å². The Morgan fingerprint density at radius 1 is 0.972 bits per heavy atom. The Morgan fingerprint density at radius 3 is 2.47 bits per heavy atom. The zero-order chi connectivity index (χ0) is 25.5. The van der Waals surface area contributed by atoms with Crippen LogP contribution in [0.5, 0.6) is 5.75 Å². The number of aryl methyl sites for hydroxylation is 1. The maximum Gasteiger partial charge on any atom is 0.343 e. The third-order valence-corrected chi connectivity index (χ3v) is 8.26. The molecule has 0 radical (unpaired) electrons. The van der Waals surface area contributed by atoms with Crippen LogP contribution in [0.25, 0.3) is 0 Å². The van der Waals surface area contributed by atoms with E-state index in [9.17, 15) is 13.6 Å². The summed E-state index contributed by atoms with van der Waals surface area (Å²) in [5.74, 6) is -0.106. The number of allylic oxidation sites excluding steroid dienone is 3. The number of carbonyl (C=O) groups excluding carboxylic acids is 1. The molecule has 2 saturated carbocycles. The summed E-state index contributed by atoms with van der Waals surface area (Å²) in [6, 6.07) is 10.3. The molecule has 2 aliphatic carbocycles. The first kappa shape index (κ1) is 26.3. The van der Waals surface area contributed by atoms with Crippen LogP contribution in [0.15, 0.2) is 61.2 Å². The highest BCUT2D eigenvalue weighted by Crippen LogP contribution is 2.48. The fourth-order valence-corrected chi connectivity index (χ4v) is 6.20. The van der Waals surface area contributed by atoms with Crippen LogP contribution in [0.1, 0.15) is 92.1 Å². The van der Waals surface area contributed by atoms with Crippen molar-refractivity contribution >= 4 is 5.97 Å². The minimum Gasteiger partial charge on any atom is -0.420 e. The Labute approximate surface area is 214 Å². The van der Waals surface area contributed by atoms with E-state index in [2.05, 4.69) is 25.7 Å². The summed E-state index contributed by atoms with van der Waals surface area (Å²) < 4.78 is 33.9. The molecule has 4 atom stereocenters. The zero-order valence-electron chi connectivity index (χ0n) is 21.4. The maximum atomic E-state index is 14.4. The van der Waals surface area contributed by atoms with Crippen molar-refractivity contribution in [3.05, 3.63) is 89.5 Å². The molecular weight excluding hydrogens is 454 g/mol. The smallest absolute Gasteiger partial charge is 0.343 e. The van der Waals surface area contributed by atoms with E-state index >= 15 is 0 Å². The molecule has 0 bridgehead atoms. The van der Waals surface area contributed by atoms with Crippen molar-refractivity contribution in [2.24, 2.45) is 17.8 Å². The summed E-state index contributed by atoms with van der Waals surface area (Å²) in [4.78, 5) is 12.6. The molecule has 0 aliphatic heterocycles. The van der Waals surface area contributed by atoms with Crippen LogP contribution in [0, 0.1) is 29.4 Å². The van der Waals surface area contributed by atoms with E-state index in [-0.39, 0.29) is 11.3 Å². The Hall–Kier alpha value is -2.75. The van der Waals surface area contributed by atoms with Gasteiger partial charge in [-0.15, -0.1) is 6.58 Å². The molecule has 0 spiro atoms. The lowest BCUT2D eigenvalue weighted by molar-refractivity contribution is 0.0726. The van der Waals surface area contributed by atoms with Crippen LogP contribution in [-0.2, 0) is 6.42 Å². The van der Waals surface area contributed by atoms with Gasteiger partial charge in [-0.05, 0) is 118 Å². The molecule has 2 nitrogen and oxygen atoms in total. The van der Waals surface area contributed by atoms with Crippen LogP contribution >= 0.6 is 0 Å². The average Bonchev–Trinajstić information content (AvgIpc) is 2.91. The third kappa shape index (κ3) is 6.32. The monoisotopic (exact) mass is 492 g/mol. The van der Waals surface area contributed by atoms with E-state index in [1.54, 1.807) is 18.2 Å². The molecule has 36 heavy (non-hydrogen) atoms. The highest BCUT2D eigenvalue weighted by Gasteiger charge is 2.35. The molecule has 0 heterocycles. The molecule has 4 heteroatoms. The normalized spacial score (nSPS) is 23.9. The summed E-state index contributed by atoms with van der Waals surface area (Å²) in [7, 11) is 0. The van der Waals surface area contributed by atoms with Crippen molar-refractivity contribution in [3.8, 4) is 5.75 Å². The number of hydrogen-bond donors (Lipinski definition) is 0. The topological polar surface area (TPSA) is 26.3 Å². The molecule has 2 aromatic carbocycles. The fraction of sp³-hybridized carbons (Fsp3) is 0.469. The first-order chi connectivity index (χ1) is 17.5. The molecule has 0 aromatic heterocycles. The lowest BCUT2D eigenvalue weighted by atomic mass is 9.63. The Balaban J connectivity index is 1.33. The maximum absolute atomic E-state index is 14.4. The van der Waals surface area contributed by atoms with Gasteiger partial charge in [0, 0.05) is 0 Å². The van der Waals surface area contributed by atoms with Crippen LogP contribution < -0.4 is 4.74 Å². The number of esters is 1. The Bertz CT molecular complexity index is 1070. The summed E-state index contributed by atoms with van der Waals surface area (Å²) in [6.45, 7) is 5.69. The van der Waals surface area contributed by atoms with Crippen LogP contribution in [0.2, 0.25) is 0 Å². The van der Waals surface area contributed by atoms with E-state index in [0.29, 0.717) is 24.3 Å². The lowest BCUT2D eigenvalue weighted by Crippen LogP contribution is -2.30. The van der Waals surface area contributed by atoms with E-state index in [0.717, 1.165) is 17.8 Å². The standard InChI is InChI=1S/C32H38F2O2/c1-3-5-7-8-22-10-11-28-21-27(17-16-26(28)20-22)23-12-14-25(15-13-23)32(35)36-29-19-18-24(9-6-4-2)30(33)31(29)34/h3-5,12-15,18-19,22,26-28H,2,6-11,16-17,20-21H2,1H3/b5-3+. The Morgan fingerprint density at radius 2 is 1.72 bits per heavy atom. The van der Waals surface area contributed by atoms with Crippen molar-refractivity contribution in [1.82, 2.24) is 0 Å². The van der Waals surface area contributed by atoms with E-state index < -0.39 is 17.6 Å². The molecule has 2 aromatic rings. The predicted octanol–water partition coefficient (Wildman–Crippen LogP) is 8.96. The van der Waals surface area contributed by atoms with Crippen molar-refractivity contribution in [1.29, 1.82) is 0 Å². The molecule has 0 saturated heterocycles. The van der Waals surface area contributed by atoms with Crippen molar-refractivity contribution in [2.75, 3.05) is 0 Å². The number of halogens is 2. The highest BCUT2D eigenvalue weighted by atomic mass is 19.2. The van der Waals surface area contributed by atoms with Crippen LogP contribution in [-0.4, -0.2) is 5.97 Å². The second kappa shape index (κ2) is 12.5. The van der Waals surface area contributed by atoms with Gasteiger partial charge in [-0.3, -0.25) is 0 Å². The molecule has 192 valence electrons. The first-order valence-electron chi connectivity index (χ1n) is 13.5. The van der Waals surface area contributed by atoms with Crippen molar-refractivity contribution < 1.29 is 18.3 Å². The molecular formula is C32H38F2O2. The Kier molecular flexibility index (Phi) is 9.12. The van der Waals surface area contributed by atoms with Crippen LogP contribution in [0.3, 0.4) is 0 Å². The average molecular weight is 493 g/mol. The molecule has 4 rings (SSSR count). The zero-order valence-corrected chi connectivity index (χ0v) is 21.4. The molecule has 2 aliphatic rings. The van der Waals surface area contributed by atoms with Gasteiger partial charge < -0.3 is 4.74 Å². The van der Waals surface area contributed by atoms with E-state index in [1.165, 1.54) is 69.1 Å². The molecule has 2 fully saturated rings. The fourth-order valence-electron chi connectivity index (χ4n) is 6.20. The highest BCUT2D eigenvalue weighted by molar-refractivity contribution is 5.91. The summed E-state index contributed by atoms with van der Waals surface area (Å²) in [5, 5.41) is 0. The largest absolute Gasteiger partial charge is 0.420 e. The summed E-state index contributed by atoms with van der Waals surface area (Å²) in [6.07, 6.45) is 17.3. The summed E-state index contributed by atoms with van der Waals surface area (Å²) in [5.41, 5.74) is 1.84. The van der Waals surface area contributed by atoms with Gasteiger partial charge in [0.25, 0.3) is 0 Å². The number of ether oxygens (including phenoxy) is 1. The van der Waals surface area contributed by atoms with Gasteiger partial charge in [0.1, 0.15) is 0 Å². The SMILES string of the molecule is C=CCCc1ccc(OC(=O)c2ccc(C3CCC4CC(CC/C=C/C)CCC4C3)cc2)c(F)c1F. The number of rotatable bonds is 9. The minimum absolute atomic E-state index is 0.244. The van der Waals surface area contributed by atoms with Gasteiger partial charge in [0.15, 0.2) is 11.6 Å². The minimum atomic E-state index is -1.13. The first-order valence-corrected chi connectivity index (χ1v) is 13.5. The van der Waals surface area contributed by atoms with Crippen molar-refractivity contribution in [2.45, 2.75) is 77.0 Å². The van der Waals surface area contributed by atoms with E-state index in [1.807, 2.05) is 12.1 Å². The van der Waals surface area contributed by atoms with Crippen molar-refractivity contribution in [3.63, 3.8) is 0 Å². The van der Waals surface area contributed by atoms with Gasteiger partial charge >= 0.3 is 5.97 Å². The van der Waals surface area contributed by atoms with Gasteiger partial charge in [-0.2, -0.15) is 4.39 Å². The van der Waals surface area contributed by atoms with Gasteiger partial charge in [-0.25, -0.2) is 9.18 Å². The molecule has 0 amide bonds. The van der Waals surface area contributed by atoms with Crippen LogP contribution in [0.4, 0.5) is 8.78 Å². The predicted molar refractivity (Wildman–Crippen MR) is 141 cm³/mol. The summed E-state index contributed by atoms with van der Waals surface area (Å²) >= 11 is 0. The molecule has 4 unspecified atom stereocenters. The lowest BCUT2D eigenvalue weighted by Gasteiger charge is -2.42. The third-order valence-electron chi connectivity index (χ3n) is 8.26. The number of benzene rings is 2. The number of fused-ring (bicyclic) bond motifs is 1.